The van der Waals surface area contributed by atoms with Crippen LogP contribution in [0.1, 0.15) is 26.2 Å². The van der Waals surface area contributed by atoms with Crippen LogP contribution in [0.2, 0.25) is 0 Å². The minimum Gasteiger partial charge on any atom is -0.449 e. The molecule has 2 aromatic heterocycles. The minimum absolute atomic E-state index is 0.288. The standard InChI is InChI=1S/C27H25N3O3/c1-2-13-29-23-6-4-3-5-20(23)21-14-18(9-11-24(21)29)26-28-22-15-19(33-27(31)32)10-12-25(22)30(26)16-17-7-8-17/h3-6,9-12,14-15,17H,2,7-8,13,16H2,1H3,(H,31,32). The number of rotatable bonds is 6. The predicted octanol–water partition coefficient (Wildman–Crippen LogP) is 6.69. The maximum atomic E-state index is 11.0. The fraction of sp³-hybridized carbons (Fsp3) is 0.259. The van der Waals surface area contributed by atoms with E-state index < -0.39 is 6.16 Å². The summed E-state index contributed by atoms with van der Waals surface area (Å²) < 4.78 is 9.55. The van der Waals surface area contributed by atoms with E-state index in [0.29, 0.717) is 5.92 Å². The second kappa shape index (κ2) is 7.66. The second-order valence-electron chi connectivity index (χ2n) is 8.91. The summed E-state index contributed by atoms with van der Waals surface area (Å²) in [4.78, 5) is 15.9. The Morgan fingerprint density at radius 1 is 1.00 bits per heavy atom. The summed E-state index contributed by atoms with van der Waals surface area (Å²) in [5, 5.41) is 11.5. The van der Waals surface area contributed by atoms with Gasteiger partial charge in [-0.25, -0.2) is 9.78 Å². The van der Waals surface area contributed by atoms with Crippen molar-refractivity contribution in [2.24, 2.45) is 5.92 Å². The number of hydrogen-bond donors (Lipinski definition) is 1. The molecule has 0 saturated heterocycles. The lowest BCUT2D eigenvalue weighted by molar-refractivity contribution is 0.144. The van der Waals surface area contributed by atoms with E-state index in [0.717, 1.165) is 41.9 Å². The van der Waals surface area contributed by atoms with E-state index in [4.69, 9.17) is 14.8 Å². The summed E-state index contributed by atoms with van der Waals surface area (Å²) in [6.45, 7) is 4.11. The highest BCUT2D eigenvalue weighted by Gasteiger charge is 2.25. The van der Waals surface area contributed by atoms with Crippen molar-refractivity contribution < 1.29 is 14.6 Å². The van der Waals surface area contributed by atoms with Crippen LogP contribution in [0.3, 0.4) is 0 Å². The van der Waals surface area contributed by atoms with Crippen molar-refractivity contribution in [2.75, 3.05) is 0 Å². The smallest absolute Gasteiger partial charge is 0.449 e. The molecule has 6 rings (SSSR count). The van der Waals surface area contributed by atoms with Gasteiger partial charge in [0.1, 0.15) is 11.6 Å². The molecule has 1 fully saturated rings. The van der Waals surface area contributed by atoms with Crippen LogP contribution in [-0.4, -0.2) is 25.4 Å². The van der Waals surface area contributed by atoms with E-state index in [1.807, 2.05) is 6.07 Å². The Morgan fingerprint density at radius 2 is 1.79 bits per heavy atom. The van der Waals surface area contributed by atoms with Crippen molar-refractivity contribution in [1.29, 1.82) is 0 Å². The van der Waals surface area contributed by atoms with Crippen LogP contribution < -0.4 is 4.74 Å². The number of imidazole rings is 1. The zero-order valence-corrected chi connectivity index (χ0v) is 18.5. The van der Waals surface area contributed by atoms with Crippen LogP contribution in [0.25, 0.3) is 44.2 Å². The van der Waals surface area contributed by atoms with Gasteiger partial charge in [0.15, 0.2) is 0 Å². The Bertz CT molecular complexity index is 1520. The maximum absolute atomic E-state index is 11.0. The van der Waals surface area contributed by atoms with Gasteiger partial charge in [-0.05, 0) is 61.6 Å². The fourth-order valence-corrected chi connectivity index (χ4v) is 4.89. The average molecular weight is 440 g/mol. The number of aromatic nitrogens is 3. The average Bonchev–Trinajstić information content (AvgIpc) is 3.49. The van der Waals surface area contributed by atoms with E-state index in [2.05, 4.69) is 58.5 Å². The monoisotopic (exact) mass is 439 g/mol. The van der Waals surface area contributed by atoms with Crippen LogP contribution in [0.5, 0.6) is 5.75 Å². The summed E-state index contributed by atoms with van der Waals surface area (Å²) in [6.07, 6.45) is 2.24. The molecule has 3 aromatic carbocycles. The van der Waals surface area contributed by atoms with Crippen LogP contribution in [0.4, 0.5) is 4.79 Å². The van der Waals surface area contributed by atoms with Crippen molar-refractivity contribution in [1.82, 2.24) is 14.1 Å². The highest BCUT2D eigenvalue weighted by molar-refractivity contribution is 6.09. The number of carbonyl (C=O) groups is 1. The zero-order valence-electron chi connectivity index (χ0n) is 18.5. The van der Waals surface area contributed by atoms with Gasteiger partial charge in [-0.15, -0.1) is 0 Å². The molecule has 6 heteroatoms. The third-order valence-electron chi connectivity index (χ3n) is 6.54. The van der Waals surface area contributed by atoms with Crippen LogP contribution in [-0.2, 0) is 13.1 Å². The molecular weight excluding hydrogens is 414 g/mol. The molecule has 0 bridgehead atoms. The molecule has 0 atom stereocenters. The minimum atomic E-state index is -1.32. The summed E-state index contributed by atoms with van der Waals surface area (Å²) in [5.41, 5.74) is 5.32. The molecule has 0 spiro atoms. The molecule has 0 aliphatic heterocycles. The Labute approximate surface area is 191 Å². The number of para-hydroxylation sites is 1. The molecule has 1 saturated carbocycles. The van der Waals surface area contributed by atoms with E-state index in [-0.39, 0.29) is 5.75 Å². The highest BCUT2D eigenvalue weighted by Crippen LogP contribution is 2.37. The van der Waals surface area contributed by atoms with E-state index in [1.54, 1.807) is 12.1 Å². The van der Waals surface area contributed by atoms with Gasteiger partial charge in [0.25, 0.3) is 0 Å². The molecular formula is C27H25N3O3. The second-order valence-corrected chi connectivity index (χ2v) is 8.91. The lowest BCUT2D eigenvalue weighted by Gasteiger charge is -2.10. The number of nitrogens with zero attached hydrogens (tertiary/aromatic N) is 3. The number of carboxylic acid groups (broad SMARTS) is 1. The molecule has 2 heterocycles. The molecule has 1 aliphatic carbocycles. The van der Waals surface area contributed by atoms with Crippen LogP contribution in [0.15, 0.2) is 60.7 Å². The number of fused-ring (bicyclic) bond motifs is 4. The Kier molecular flexibility index (Phi) is 4.61. The van der Waals surface area contributed by atoms with Gasteiger partial charge in [-0.2, -0.15) is 0 Å². The highest BCUT2D eigenvalue weighted by atomic mass is 16.7. The van der Waals surface area contributed by atoms with Gasteiger partial charge in [0.05, 0.1) is 11.0 Å². The Hall–Kier alpha value is -3.80. The van der Waals surface area contributed by atoms with Crippen LogP contribution >= 0.6 is 0 Å². The van der Waals surface area contributed by atoms with Crippen molar-refractivity contribution in [3.8, 4) is 17.1 Å². The van der Waals surface area contributed by atoms with Crippen molar-refractivity contribution in [2.45, 2.75) is 39.3 Å². The van der Waals surface area contributed by atoms with Gasteiger partial charge < -0.3 is 19.0 Å². The third-order valence-corrected chi connectivity index (χ3v) is 6.54. The van der Waals surface area contributed by atoms with E-state index in [9.17, 15) is 4.79 Å². The van der Waals surface area contributed by atoms with Gasteiger partial charge in [-0.1, -0.05) is 25.1 Å². The molecule has 1 N–H and O–H groups in total. The first-order valence-electron chi connectivity index (χ1n) is 11.5. The lowest BCUT2D eigenvalue weighted by atomic mass is 10.1. The first kappa shape index (κ1) is 19.9. The molecule has 0 radical (unpaired) electrons. The van der Waals surface area contributed by atoms with E-state index >= 15 is 0 Å². The fourth-order valence-electron chi connectivity index (χ4n) is 4.89. The third kappa shape index (κ3) is 3.42. The van der Waals surface area contributed by atoms with Gasteiger partial charge in [-0.3, -0.25) is 0 Å². The van der Waals surface area contributed by atoms with Gasteiger partial charge in [0, 0.05) is 46.5 Å². The zero-order chi connectivity index (χ0) is 22.5. The van der Waals surface area contributed by atoms with Gasteiger partial charge >= 0.3 is 6.16 Å². The number of aryl methyl sites for hydroxylation is 1. The molecule has 166 valence electrons. The first-order chi connectivity index (χ1) is 16.1. The largest absolute Gasteiger partial charge is 0.511 e. The number of ether oxygens (including phenoxy) is 1. The lowest BCUT2D eigenvalue weighted by Crippen LogP contribution is -2.03. The van der Waals surface area contributed by atoms with Crippen molar-refractivity contribution >= 4 is 39.0 Å². The summed E-state index contributed by atoms with van der Waals surface area (Å²) >= 11 is 0. The Balaban J connectivity index is 1.55. The Morgan fingerprint density at radius 3 is 2.58 bits per heavy atom. The SMILES string of the molecule is CCCn1c2ccccc2c2cc(-c3nc4cc(OC(=O)O)ccc4n3CC3CC3)ccc21. The molecule has 0 amide bonds. The summed E-state index contributed by atoms with van der Waals surface area (Å²) in [6, 6.07) is 20.5. The number of benzene rings is 3. The molecule has 33 heavy (non-hydrogen) atoms. The quantitative estimate of drug-likeness (QED) is 0.236. The predicted molar refractivity (Wildman–Crippen MR) is 130 cm³/mol. The van der Waals surface area contributed by atoms with E-state index in [1.165, 1.54) is 34.6 Å². The summed E-state index contributed by atoms with van der Waals surface area (Å²) in [7, 11) is 0. The summed E-state index contributed by atoms with van der Waals surface area (Å²) in [5.74, 6) is 1.88. The van der Waals surface area contributed by atoms with Crippen LogP contribution in [0, 0.1) is 5.92 Å². The van der Waals surface area contributed by atoms with Crippen molar-refractivity contribution in [3.63, 3.8) is 0 Å². The number of hydrogen-bond acceptors (Lipinski definition) is 3. The first-order valence-corrected chi connectivity index (χ1v) is 11.5. The van der Waals surface area contributed by atoms with Gasteiger partial charge in [0.2, 0.25) is 0 Å². The molecule has 1 aliphatic rings. The maximum Gasteiger partial charge on any atom is 0.511 e. The normalized spacial score (nSPS) is 13.8. The molecule has 5 aromatic rings. The van der Waals surface area contributed by atoms with Crippen molar-refractivity contribution in [3.05, 3.63) is 60.7 Å². The topological polar surface area (TPSA) is 69.3 Å². The molecule has 0 unspecified atom stereocenters. The molecule has 6 nitrogen and oxygen atoms in total.